The fourth-order valence-electron chi connectivity index (χ4n) is 5.04. The van der Waals surface area contributed by atoms with Crippen LogP contribution in [-0.4, -0.2) is 44.4 Å². The Balaban J connectivity index is 1.33. The number of hydrogen-bond acceptors (Lipinski definition) is 6. The maximum absolute atomic E-state index is 5.07. The third-order valence-electron chi connectivity index (χ3n) is 6.85. The van der Waals surface area contributed by atoms with Gasteiger partial charge < -0.3 is 9.47 Å². The Morgan fingerprint density at radius 2 is 1.68 bits per heavy atom. The van der Waals surface area contributed by atoms with Gasteiger partial charge in [-0.3, -0.25) is 5.01 Å². The molecule has 172 valence electrons. The molecule has 7 heteroatoms. The van der Waals surface area contributed by atoms with Crippen LogP contribution in [0, 0.1) is 6.92 Å². The highest BCUT2D eigenvalue weighted by molar-refractivity contribution is 6.03. The van der Waals surface area contributed by atoms with Gasteiger partial charge in [-0.05, 0) is 43.9 Å². The lowest BCUT2D eigenvalue weighted by atomic mass is 10.0. The van der Waals surface area contributed by atoms with Gasteiger partial charge in [0, 0.05) is 26.1 Å². The molecule has 4 heterocycles. The van der Waals surface area contributed by atoms with E-state index in [4.69, 9.17) is 10.1 Å². The van der Waals surface area contributed by atoms with Crippen LogP contribution in [0.15, 0.2) is 72.4 Å². The monoisotopic (exact) mass is 451 g/mol. The van der Waals surface area contributed by atoms with Crippen molar-refractivity contribution in [2.24, 2.45) is 5.10 Å². The van der Waals surface area contributed by atoms with E-state index in [1.54, 1.807) is 6.33 Å². The van der Waals surface area contributed by atoms with E-state index in [2.05, 4.69) is 79.9 Å². The van der Waals surface area contributed by atoms with Crippen LogP contribution in [0.1, 0.15) is 36.8 Å². The second kappa shape index (κ2) is 8.89. The number of hydrogen-bond donors (Lipinski definition) is 0. The molecule has 0 bridgehead atoms. The predicted molar refractivity (Wildman–Crippen MR) is 136 cm³/mol. The van der Waals surface area contributed by atoms with Crippen molar-refractivity contribution in [1.82, 2.24) is 19.5 Å². The first kappa shape index (κ1) is 20.8. The van der Waals surface area contributed by atoms with Gasteiger partial charge in [0.15, 0.2) is 17.0 Å². The lowest BCUT2D eigenvalue weighted by molar-refractivity contribution is 0.555. The van der Waals surface area contributed by atoms with Gasteiger partial charge in [-0.25, -0.2) is 15.0 Å². The van der Waals surface area contributed by atoms with Crippen molar-refractivity contribution in [3.05, 3.63) is 78.4 Å². The highest BCUT2D eigenvalue weighted by Crippen LogP contribution is 2.30. The van der Waals surface area contributed by atoms with Crippen molar-refractivity contribution in [1.29, 1.82) is 0 Å². The van der Waals surface area contributed by atoms with E-state index < -0.39 is 0 Å². The molecule has 6 rings (SSSR count). The van der Waals surface area contributed by atoms with Crippen LogP contribution in [0.4, 0.5) is 11.5 Å². The van der Waals surface area contributed by atoms with Crippen LogP contribution < -0.4 is 9.91 Å². The van der Waals surface area contributed by atoms with Gasteiger partial charge in [0.25, 0.3) is 0 Å². The lowest BCUT2D eigenvalue weighted by Crippen LogP contribution is -2.31. The fourth-order valence-corrected chi connectivity index (χ4v) is 5.04. The van der Waals surface area contributed by atoms with Gasteiger partial charge in [0.05, 0.1) is 23.8 Å². The molecule has 2 aromatic heterocycles. The van der Waals surface area contributed by atoms with Gasteiger partial charge >= 0.3 is 0 Å². The quantitative estimate of drug-likeness (QED) is 0.436. The van der Waals surface area contributed by atoms with Crippen molar-refractivity contribution in [2.75, 3.05) is 23.0 Å². The Bertz CT molecular complexity index is 1300. The van der Waals surface area contributed by atoms with Crippen LogP contribution in [0.25, 0.3) is 11.2 Å². The molecule has 0 amide bonds. The molecule has 2 aliphatic heterocycles. The van der Waals surface area contributed by atoms with Crippen molar-refractivity contribution < 1.29 is 0 Å². The number of anilines is 2. The minimum absolute atomic E-state index is 0.170. The standard InChI is InChI=1S/C27H29N7/c1-20-10-12-22(13-11-20)34-23(16-24(31-34)21-8-4-2-5-9-21)17-33-19-30-25-26(28-18-29-27(25)33)32-14-6-3-7-15-32/h2,4-5,8-13,18-19,23H,3,6-7,14-17H2,1H3. The van der Waals surface area contributed by atoms with E-state index in [1.807, 2.05) is 12.4 Å². The molecule has 0 radical (unpaired) electrons. The zero-order valence-electron chi connectivity index (χ0n) is 19.5. The molecule has 1 unspecified atom stereocenters. The molecule has 34 heavy (non-hydrogen) atoms. The third kappa shape index (κ3) is 3.91. The van der Waals surface area contributed by atoms with Gasteiger partial charge in [-0.15, -0.1) is 0 Å². The van der Waals surface area contributed by atoms with Gasteiger partial charge in [-0.2, -0.15) is 5.10 Å². The highest BCUT2D eigenvalue weighted by Gasteiger charge is 2.30. The van der Waals surface area contributed by atoms with Gasteiger partial charge in [0.2, 0.25) is 0 Å². The number of imidazole rings is 1. The van der Waals surface area contributed by atoms with Crippen LogP contribution in [0.3, 0.4) is 0 Å². The molecule has 0 aliphatic carbocycles. The minimum atomic E-state index is 0.170. The number of hydrazone groups is 1. The van der Waals surface area contributed by atoms with Crippen LogP contribution >= 0.6 is 0 Å². The SMILES string of the molecule is Cc1ccc(N2N=C(c3ccccc3)CC2Cn2cnc3c(N4CCCCC4)ncnc32)cc1. The van der Waals surface area contributed by atoms with Crippen molar-refractivity contribution in [2.45, 2.75) is 45.2 Å². The van der Waals surface area contributed by atoms with Crippen molar-refractivity contribution >= 4 is 28.4 Å². The Hall–Kier alpha value is -3.74. The van der Waals surface area contributed by atoms with E-state index in [9.17, 15) is 0 Å². The summed E-state index contributed by atoms with van der Waals surface area (Å²) in [4.78, 5) is 16.4. The number of fused-ring (bicyclic) bond motifs is 1. The number of benzene rings is 2. The molecule has 2 aliphatic rings. The first-order chi connectivity index (χ1) is 16.8. The minimum Gasteiger partial charge on any atom is -0.355 e. The van der Waals surface area contributed by atoms with E-state index >= 15 is 0 Å². The number of piperidine rings is 1. The Morgan fingerprint density at radius 1 is 0.882 bits per heavy atom. The lowest BCUT2D eigenvalue weighted by Gasteiger charge is -2.27. The number of nitrogens with zero attached hydrogens (tertiary/aromatic N) is 7. The fraction of sp³-hybridized carbons (Fsp3) is 0.333. The Morgan fingerprint density at radius 3 is 2.47 bits per heavy atom. The molecule has 4 aromatic rings. The molecule has 7 nitrogen and oxygen atoms in total. The Kier molecular flexibility index (Phi) is 5.45. The van der Waals surface area contributed by atoms with Crippen LogP contribution in [0.5, 0.6) is 0 Å². The average Bonchev–Trinajstić information content (AvgIpc) is 3.50. The maximum Gasteiger partial charge on any atom is 0.165 e. The number of aryl methyl sites for hydroxylation is 1. The summed E-state index contributed by atoms with van der Waals surface area (Å²) in [6, 6.07) is 19.2. The second-order valence-electron chi connectivity index (χ2n) is 9.26. The molecule has 0 spiro atoms. The van der Waals surface area contributed by atoms with E-state index in [0.29, 0.717) is 0 Å². The summed E-state index contributed by atoms with van der Waals surface area (Å²) in [5.41, 5.74) is 6.43. The average molecular weight is 452 g/mol. The topological polar surface area (TPSA) is 62.4 Å². The normalized spacial score (nSPS) is 18.5. The summed E-state index contributed by atoms with van der Waals surface area (Å²) < 4.78 is 2.17. The zero-order chi connectivity index (χ0) is 22.9. The number of aromatic nitrogens is 4. The van der Waals surface area contributed by atoms with Crippen LogP contribution in [-0.2, 0) is 6.54 Å². The smallest absolute Gasteiger partial charge is 0.165 e. The summed E-state index contributed by atoms with van der Waals surface area (Å²) in [5.74, 6) is 0.964. The summed E-state index contributed by atoms with van der Waals surface area (Å²) >= 11 is 0. The van der Waals surface area contributed by atoms with Crippen LogP contribution in [0.2, 0.25) is 0 Å². The zero-order valence-corrected chi connectivity index (χ0v) is 19.5. The maximum atomic E-state index is 5.07. The molecule has 0 saturated carbocycles. The molecule has 1 saturated heterocycles. The predicted octanol–water partition coefficient (Wildman–Crippen LogP) is 4.81. The molecule has 1 fully saturated rings. The van der Waals surface area contributed by atoms with Gasteiger partial charge in [-0.1, -0.05) is 48.0 Å². The van der Waals surface area contributed by atoms with Gasteiger partial charge in [0.1, 0.15) is 6.33 Å². The first-order valence-corrected chi connectivity index (χ1v) is 12.2. The molecule has 1 atom stereocenters. The first-order valence-electron chi connectivity index (χ1n) is 12.2. The number of rotatable bonds is 5. The van der Waals surface area contributed by atoms with E-state index in [1.165, 1.54) is 30.4 Å². The summed E-state index contributed by atoms with van der Waals surface area (Å²) in [6.07, 6.45) is 8.17. The summed E-state index contributed by atoms with van der Waals surface area (Å²) in [6.45, 7) is 4.94. The van der Waals surface area contributed by atoms with E-state index in [-0.39, 0.29) is 6.04 Å². The highest BCUT2D eigenvalue weighted by atomic mass is 15.5. The van der Waals surface area contributed by atoms with Crippen molar-refractivity contribution in [3.8, 4) is 0 Å². The molecule has 2 aromatic carbocycles. The van der Waals surface area contributed by atoms with E-state index in [0.717, 1.165) is 54.4 Å². The van der Waals surface area contributed by atoms with Crippen molar-refractivity contribution in [3.63, 3.8) is 0 Å². The summed E-state index contributed by atoms with van der Waals surface area (Å²) in [7, 11) is 0. The molecular formula is C27H29N7. The molecular weight excluding hydrogens is 422 g/mol. The Labute approximate surface area is 199 Å². The summed E-state index contributed by atoms with van der Waals surface area (Å²) in [5, 5.41) is 7.23. The third-order valence-corrected chi connectivity index (χ3v) is 6.85. The largest absolute Gasteiger partial charge is 0.355 e. The second-order valence-corrected chi connectivity index (χ2v) is 9.26. The molecule has 0 N–H and O–H groups in total.